The van der Waals surface area contributed by atoms with E-state index in [-0.39, 0.29) is 88.8 Å². The van der Waals surface area contributed by atoms with Crippen LogP contribution in [0.15, 0.2) is 60.8 Å². The van der Waals surface area contributed by atoms with Gasteiger partial charge in [-0.2, -0.15) is 5.10 Å². The maximum atomic E-state index is 16.3. The lowest BCUT2D eigenvalue weighted by Gasteiger charge is -2.46. The second-order valence-corrected chi connectivity index (χ2v) is 23.3. The third-order valence-corrected chi connectivity index (χ3v) is 18.1. The predicted octanol–water partition coefficient (Wildman–Crippen LogP) is 10.1. The Bertz CT molecular complexity index is 3540. The third-order valence-electron chi connectivity index (χ3n) is 17.2. The molecule has 9 heterocycles. The Morgan fingerprint density at radius 3 is 1.62 bits per heavy atom. The fraction of sp³-hybridized carbons (Fsp3) is 0.446. The monoisotopic (exact) mass is 1070 g/mol. The molecule has 21 heteroatoms. The Hall–Kier alpha value is -6.97. The normalized spacial score (nSPS) is 24.2. The van der Waals surface area contributed by atoms with Gasteiger partial charge in [-0.05, 0) is 139 Å². The number of fused-ring (bicyclic) bond motifs is 8. The van der Waals surface area contributed by atoms with Crippen LogP contribution in [0.25, 0.3) is 67.4 Å². The number of pyridine rings is 2. The van der Waals surface area contributed by atoms with Gasteiger partial charge >= 0.3 is 11.9 Å². The van der Waals surface area contributed by atoms with Gasteiger partial charge in [0, 0.05) is 81.5 Å². The summed E-state index contributed by atoms with van der Waals surface area (Å²) in [7, 11) is 5.98. The molecular formula is C56H58F4N12O4S. The SMILES string of the molecule is CN(C)Cc1cc(-c2nc(-c3c[nH]c4ncc(F)cc34)nc(CC3C4CCC(CC4)C3C(=O)O)c2F)cs1.CN1CC(n2cc(-c3nc(-c4c[nH]c5ncc(F)cc45)nc(CC4C5CCC(CC5)C4C(=O)O)c3F)cn2)C1. The van der Waals surface area contributed by atoms with E-state index in [1.807, 2.05) is 42.2 Å². The molecule has 6 saturated carbocycles. The molecule has 8 aromatic rings. The van der Waals surface area contributed by atoms with Gasteiger partial charge in [-0.15, -0.1) is 11.3 Å². The number of carboxylic acids is 2. The van der Waals surface area contributed by atoms with Gasteiger partial charge in [-0.1, -0.05) is 0 Å². The number of aliphatic carboxylic acids is 2. The number of nitrogens with one attached hydrogen (secondary N) is 2. The molecule has 0 radical (unpaired) electrons. The first-order chi connectivity index (χ1) is 37.1. The summed E-state index contributed by atoms with van der Waals surface area (Å²) in [4.78, 5) is 62.6. The molecule has 7 fully saturated rings. The number of rotatable bonds is 13. The van der Waals surface area contributed by atoms with Crippen molar-refractivity contribution in [3.05, 3.63) is 100 Å². The van der Waals surface area contributed by atoms with Crippen molar-refractivity contribution in [3.63, 3.8) is 0 Å². The van der Waals surface area contributed by atoms with E-state index >= 15 is 8.78 Å². The molecule has 16 nitrogen and oxygen atoms in total. The van der Waals surface area contributed by atoms with Crippen LogP contribution in [0.5, 0.6) is 0 Å². The van der Waals surface area contributed by atoms with Crippen LogP contribution in [-0.4, -0.2) is 116 Å². The van der Waals surface area contributed by atoms with E-state index in [1.165, 1.54) is 23.5 Å². The zero-order valence-electron chi connectivity index (χ0n) is 42.8. The second kappa shape index (κ2) is 20.4. The molecule has 0 spiro atoms. The molecule has 77 heavy (non-hydrogen) atoms. The average Bonchev–Trinajstić information content (AvgIpc) is 4.28. The van der Waals surface area contributed by atoms with E-state index in [0.717, 1.165) is 88.3 Å². The summed E-state index contributed by atoms with van der Waals surface area (Å²) in [5.41, 5.74) is 3.86. The zero-order chi connectivity index (χ0) is 53.4. The average molecular weight is 1070 g/mol. The lowest BCUT2D eigenvalue weighted by atomic mass is 9.57. The molecule has 4 N–H and O–H groups in total. The standard InChI is InChI=1S/C28H29F2N7O2.C28H29F2N5O2S/c1-36-12-18(13-36)37-11-16(8-33-37)25-24(30)22(7-19-14-2-4-15(5-3-14)23(19)28(38)39)34-27(35-25)21-10-32-26-20(21)6-17(29)9-31-26;1-35(2)12-18-7-16(13-38-18)25-24(30)22(9-19-14-3-5-15(6-4-14)23(19)28(36)37)33-27(34-25)21-11-32-26-20(21)8-17(29)10-31-26/h6,8-11,14-15,18-19,23H,2-5,7,12-13H2,1H3,(H,31,32)(H,38,39);7-8,10-11,13-15,19,23H,3-6,9,12H2,1-2H3,(H,31,32)(H,36,37). The van der Waals surface area contributed by atoms with E-state index in [2.05, 4.69) is 49.9 Å². The maximum absolute atomic E-state index is 16.3. The number of H-pyrrole nitrogens is 2. The highest BCUT2D eigenvalue weighted by Crippen LogP contribution is 2.52. The first kappa shape index (κ1) is 50.8. The molecule has 1 saturated heterocycles. The first-order valence-corrected chi connectivity index (χ1v) is 27.3. The summed E-state index contributed by atoms with van der Waals surface area (Å²) < 4.78 is 62.5. The molecule has 6 aliphatic carbocycles. The molecule has 4 atom stereocenters. The maximum Gasteiger partial charge on any atom is 0.307 e. The highest BCUT2D eigenvalue weighted by molar-refractivity contribution is 7.10. The number of carboxylic acid groups (broad SMARTS) is 2. The summed E-state index contributed by atoms with van der Waals surface area (Å²) in [5.74, 6) is -3.86. The van der Waals surface area contributed by atoms with Crippen molar-refractivity contribution < 1.29 is 37.4 Å². The molecule has 1 aliphatic heterocycles. The van der Waals surface area contributed by atoms with Gasteiger partial charge in [0.2, 0.25) is 0 Å². The number of hydrogen-bond acceptors (Lipinski definition) is 12. The van der Waals surface area contributed by atoms with E-state index in [0.29, 0.717) is 44.3 Å². The Labute approximate surface area is 444 Å². The number of aromatic amines is 2. The smallest absolute Gasteiger partial charge is 0.307 e. The van der Waals surface area contributed by atoms with Gasteiger partial charge < -0.3 is 30.0 Å². The number of carbonyl (C=O) groups is 2. The Morgan fingerprint density at radius 1 is 0.675 bits per heavy atom. The Balaban J connectivity index is 0.000000155. The molecule has 4 unspecified atom stereocenters. The lowest BCUT2D eigenvalue weighted by molar-refractivity contribution is -0.153. The Morgan fingerprint density at radius 2 is 1.16 bits per heavy atom. The minimum Gasteiger partial charge on any atom is -0.481 e. The number of likely N-dealkylation sites (tertiary alicyclic amines) is 1. The van der Waals surface area contributed by atoms with Gasteiger partial charge in [0.05, 0.1) is 47.9 Å². The van der Waals surface area contributed by atoms with Crippen LogP contribution in [0.2, 0.25) is 0 Å². The topological polar surface area (TPSA) is 208 Å². The van der Waals surface area contributed by atoms with Crippen molar-refractivity contribution in [2.24, 2.45) is 47.3 Å². The van der Waals surface area contributed by atoms with Crippen LogP contribution in [0, 0.1) is 70.6 Å². The quantitative estimate of drug-likeness (QED) is 0.0794. The summed E-state index contributed by atoms with van der Waals surface area (Å²) in [6.45, 7) is 2.44. The molecule has 400 valence electrons. The van der Waals surface area contributed by atoms with E-state index in [4.69, 9.17) is 0 Å². The molecule has 0 amide bonds. The number of aromatic nitrogens is 10. The molecule has 4 bridgehead atoms. The third kappa shape index (κ3) is 9.68. The van der Waals surface area contributed by atoms with Crippen LogP contribution in [0.1, 0.15) is 73.7 Å². The van der Waals surface area contributed by atoms with Crippen LogP contribution in [-0.2, 0) is 29.0 Å². The molecular weight excluding hydrogens is 1010 g/mol. The van der Waals surface area contributed by atoms with Crippen molar-refractivity contribution in [1.29, 1.82) is 0 Å². The number of nitrogens with zero attached hydrogens (tertiary/aromatic N) is 10. The summed E-state index contributed by atoms with van der Waals surface area (Å²) in [6, 6.07) is 4.86. The van der Waals surface area contributed by atoms with Gasteiger partial charge in [-0.3, -0.25) is 14.3 Å². The van der Waals surface area contributed by atoms with Crippen LogP contribution in [0.4, 0.5) is 17.6 Å². The summed E-state index contributed by atoms with van der Waals surface area (Å²) in [5, 5.41) is 27.5. The predicted molar refractivity (Wildman–Crippen MR) is 280 cm³/mol. The lowest BCUT2D eigenvalue weighted by Crippen LogP contribution is -2.45. The number of halogens is 4. The van der Waals surface area contributed by atoms with E-state index < -0.39 is 47.0 Å². The summed E-state index contributed by atoms with van der Waals surface area (Å²) in [6.07, 6.45) is 16.9. The van der Waals surface area contributed by atoms with Crippen molar-refractivity contribution in [2.75, 3.05) is 34.2 Å². The zero-order valence-corrected chi connectivity index (χ0v) is 43.6. The van der Waals surface area contributed by atoms with Crippen molar-refractivity contribution >= 4 is 45.3 Å². The van der Waals surface area contributed by atoms with Gasteiger partial charge in [0.1, 0.15) is 34.3 Å². The second-order valence-electron chi connectivity index (χ2n) is 22.3. The summed E-state index contributed by atoms with van der Waals surface area (Å²) >= 11 is 1.53. The van der Waals surface area contributed by atoms with Crippen LogP contribution < -0.4 is 0 Å². The molecule has 7 aliphatic rings. The van der Waals surface area contributed by atoms with E-state index in [1.54, 1.807) is 24.8 Å². The number of likely N-dealkylation sites (N-methyl/N-ethyl adjacent to an activating group) is 1. The Kier molecular flexibility index (Phi) is 13.5. The minimum absolute atomic E-state index is 0.112. The van der Waals surface area contributed by atoms with Gasteiger partial charge in [-0.25, -0.2) is 47.5 Å². The van der Waals surface area contributed by atoms with Gasteiger partial charge in [0.25, 0.3) is 0 Å². The van der Waals surface area contributed by atoms with Crippen LogP contribution in [0.3, 0.4) is 0 Å². The highest BCUT2D eigenvalue weighted by Gasteiger charge is 2.49. The fourth-order valence-corrected chi connectivity index (χ4v) is 14.5. The molecule has 15 rings (SSSR count). The molecule has 0 aromatic carbocycles. The number of hydrogen-bond donors (Lipinski definition) is 4. The van der Waals surface area contributed by atoms with Crippen LogP contribution >= 0.6 is 11.3 Å². The number of thiophene rings is 1. The highest BCUT2D eigenvalue weighted by atomic mass is 32.1. The fourth-order valence-electron chi connectivity index (χ4n) is 13.6. The van der Waals surface area contributed by atoms with Gasteiger partial charge in [0.15, 0.2) is 23.3 Å². The first-order valence-electron chi connectivity index (χ1n) is 26.4. The largest absolute Gasteiger partial charge is 0.481 e. The van der Waals surface area contributed by atoms with E-state index in [9.17, 15) is 28.6 Å². The molecule has 8 aromatic heterocycles. The van der Waals surface area contributed by atoms with Crippen molar-refractivity contribution in [2.45, 2.75) is 76.8 Å². The minimum atomic E-state index is -0.811. The van der Waals surface area contributed by atoms with Crippen molar-refractivity contribution in [3.8, 4) is 45.3 Å². The van der Waals surface area contributed by atoms with Crippen molar-refractivity contribution in [1.82, 2.24) is 59.5 Å².